The lowest BCUT2D eigenvalue weighted by molar-refractivity contribution is -0.137. The van der Waals surface area contributed by atoms with E-state index in [0.29, 0.717) is 19.6 Å². The molecule has 0 bridgehead atoms. The molecule has 6 nitrogen and oxygen atoms in total. The van der Waals surface area contributed by atoms with E-state index >= 15 is 0 Å². The predicted octanol–water partition coefficient (Wildman–Crippen LogP) is -0.665. The number of carbonyl (C=O) groups excluding carboxylic acids is 2. The Kier molecular flexibility index (Phi) is 8.35. The Hall–Kier alpha value is -1.14. The average Bonchev–Trinajstić information content (AvgIpc) is 2.32. The number of amides is 2. The molecule has 1 unspecified atom stereocenters. The molecule has 6 heteroatoms. The van der Waals surface area contributed by atoms with Crippen LogP contribution in [0.15, 0.2) is 0 Å². The number of ether oxygens (including phenoxy) is 1. The molecule has 0 rings (SSSR count). The molecule has 0 fully saturated rings. The van der Waals surface area contributed by atoms with Crippen LogP contribution in [0.5, 0.6) is 0 Å². The molecule has 0 spiro atoms. The summed E-state index contributed by atoms with van der Waals surface area (Å²) in [5.41, 5.74) is 5.45. The highest BCUT2D eigenvalue weighted by Crippen LogP contribution is 2.01. The van der Waals surface area contributed by atoms with Crippen molar-refractivity contribution in [2.24, 2.45) is 5.73 Å². The molecular formula is C11H23N3O3. The van der Waals surface area contributed by atoms with Crippen LogP contribution in [-0.4, -0.2) is 56.1 Å². The first-order chi connectivity index (χ1) is 8.08. The molecule has 1 atom stereocenters. The molecule has 17 heavy (non-hydrogen) atoms. The van der Waals surface area contributed by atoms with E-state index < -0.39 is 0 Å². The fraction of sp³-hybridized carbons (Fsp3) is 0.818. The number of nitrogens with two attached hydrogens (primary N) is 1. The van der Waals surface area contributed by atoms with Crippen LogP contribution >= 0.6 is 0 Å². The first-order valence-electron chi connectivity index (χ1n) is 5.86. The molecule has 0 saturated carbocycles. The molecule has 0 heterocycles. The molecule has 0 saturated heterocycles. The average molecular weight is 245 g/mol. The van der Waals surface area contributed by atoms with Gasteiger partial charge in [0.1, 0.15) is 0 Å². The van der Waals surface area contributed by atoms with Crippen molar-refractivity contribution >= 4 is 11.8 Å². The third-order valence-corrected chi connectivity index (χ3v) is 2.44. The summed E-state index contributed by atoms with van der Waals surface area (Å²) in [6.45, 7) is 5.11. The summed E-state index contributed by atoms with van der Waals surface area (Å²) in [7, 11) is 1.52. The highest BCUT2D eigenvalue weighted by atomic mass is 16.5. The molecule has 100 valence electrons. The fourth-order valence-electron chi connectivity index (χ4n) is 1.39. The van der Waals surface area contributed by atoms with E-state index in [1.54, 1.807) is 0 Å². The van der Waals surface area contributed by atoms with Gasteiger partial charge < -0.3 is 20.7 Å². The topological polar surface area (TPSA) is 84.7 Å². The summed E-state index contributed by atoms with van der Waals surface area (Å²) < 4.78 is 5.04. The summed E-state index contributed by atoms with van der Waals surface area (Å²) >= 11 is 0. The van der Waals surface area contributed by atoms with Gasteiger partial charge in [0.25, 0.3) is 0 Å². The van der Waals surface area contributed by atoms with Gasteiger partial charge in [0.05, 0.1) is 19.1 Å². The van der Waals surface area contributed by atoms with Gasteiger partial charge >= 0.3 is 0 Å². The minimum Gasteiger partial charge on any atom is -0.380 e. The molecule has 0 aliphatic rings. The summed E-state index contributed by atoms with van der Waals surface area (Å²) in [5.74, 6) is -0.263. The Morgan fingerprint density at radius 1 is 1.41 bits per heavy atom. The highest BCUT2D eigenvalue weighted by Gasteiger charge is 2.18. The summed E-state index contributed by atoms with van der Waals surface area (Å²) in [6.07, 6.45) is -0.0777. The van der Waals surface area contributed by atoms with Crippen molar-refractivity contribution in [3.63, 3.8) is 0 Å². The van der Waals surface area contributed by atoms with E-state index in [1.165, 1.54) is 12.0 Å². The van der Waals surface area contributed by atoms with Crippen LogP contribution in [0.4, 0.5) is 0 Å². The van der Waals surface area contributed by atoms with Crippen molar-refractivity contribution in [2.75, 3.05) is 33.3 Å². The van der Waals surface area contributed by atoms with Crippen molar-refractivity contribution in [3.05, 3.63) is 0 Å². The van der Waals surface area contributed by atoms with Crippen LogP contribution in [0, 0.1) is 0 Å². The monoisotopic (exact) mass is 245 g/mol. The van der Waals surface area contributed by atoms with E-state index in [1.807, 2.05) is 13.8 Å². The van der Waals surface area contributed by atoms with Gasteiger partial charge in [0, 0.05) is 26.7 Å². The first kappa shape index (κ1) is 15.9. The summed E-state index contributed by atoms with van der Waals surface area (Å²) in [4.78, 5) is 24.7. The standard InChI is InChI=1S/C11H23N3O3/c1-4-13-10(15)8-14(5-2)11(16)6-9(7-12)17-3/h9H,4-8,12H2,1-3H3,(H,13,15). The lowest BCUT2D eigenvalue weighted by Crippen LogP contribution is -2.42. The van der Waals surface area contributed by atoms with Crippen molar-refractivity contribution in [2.45, 2.75) is 26.4 Å². The molecular weight excluding hydrogens is 222 g/mol. The third-order valence-electron chi connectivity index (χ3n) is 2.44. The quantitative estimate of drug-likeness (QED) is 0.594. The number of carbonyl (C=O) groups is 2. The largest absolute Gasteiger partial charge is 0.380 e. The number of nitrogens with zero attached hydrogens (tertiary/aromatic N) is 1. The van der Waals surface area contributed by atoms with Gasteiger partial charge in [-0.2, -0.15) is 0 Å². The molecule has 0 aromatic heterocycles. The van der Waals surface area contributed by atoms with Gasteiger partial charge in [-0.05, 0) is 13.8 Å². The maximum Gasteiger partial charge on any atom is 0.239 e. The van der Waals surface area contributed by atoms with Gasteiger partial charge in [-0.3, -0.25) is 9.59 Å². The summed E-state index contributed by atoms with van der Waals surface area (Å²) in [6, 6.07) is 0. The molecule has 3 N–H and O–H groups in total. The van der Waals surface area contributed by atoms with E-state index in [9.17, 15) is 9.59 Å². The lowest BCUT2D eigenvalue weighted by atomic mass is 10.2. The fourth-order valence-corrected chi connectivity index (χ4v) is 1.39. The number of methoxy groups -OCH3 is 1. The zero-order chi connectivity index (χ0) is 13.3. The smallest absolute Gasteiger partial charge is 0.239 e. The van der Waals surface area contributed by atoms with Crippen LogP contribution in [0.25, 0.3) is 0 Å². The van der Waals surface area contributed by atoms with E-state index in [2.05, 4.69) is 5.32 Å². The predicted molar refractivity (Wildman–Crippen MR) is 65.4 cm³/mol. The Morgan fingerprint density at radius 2 is 2.06 bits per heavy atom. The van der Waals surface area contributed by atoms with E-state index in [0.717, 1.165) is 0 Å². The van der Waals surface area contributed by atoms with Crippen molar-refractivity contribution in [1.29, 1.82) is 0 Å². The second-order valence-corrected chi connectivity index (χ2v) is 3.66. The molecule has 2 amide bonds. The van der Waals surface area contributed by atoms with Gasteiger partial charge in [-0.15, -0.1) is 0 Å². The molecule has 0 aromatic carbocycles. The van der Waals surface area contributed by atoms with Crippen LogP contribution in [0.1, 0.15) is 20.3 Å². The Bertz CT molecular complexity index is 242. The Morgan fingerprint density at radius 3 is 2.47 bits per heavy atom. The van der Waals surface area contributed by atoms with Crippen LogP contribution in [0.2, 0.25) is 0 Å². The normalized spacial score (nSPS) is 12.0. The molecule has 0 radical (unpaired) electrons. The summed E-state index contributed by atoms with van der Waals surface area (Å²) in [5, 5.41) is 2.66. The molecule has 0 aliphatic carbocycles. The van der Waals surface area contributed by atoms with Crippen molar-refractivity contribution < 1.29 is 14.3 Å². The molecule has 0 aliphatic heterocycles. The zero-order valence-electron chi connectivity index (χ0n) is 10.9. The van der Waals surface area contributed by atoms with Gasteiger partial charge in [0.15, 0.2) is 0 Å². The van der Waals surface area contributed by atoms with Crippen molar-refractivity contribution in [3.8, 4) is 0 Å². The van der Waals surface area contributed by atoms with E-state index in [-0.39, 0.29) is 30.9 Å². The highest BCUT2D eigenvalue weighted by molar-refractivity contribution is 5.84. The van der Waals surface area contributed by atoms with Crippen LogP contribution < -0.4 is 11.1 Å². The van der Waals surface area contributed by atoms with Crippen LogP contribution in [-0.2, 0) is 14.3 Å². The maximum absolute atomic E-state index is 11.9. The number of hydrogen-bond acceptors (Lipinski definition) is 4. The number of rotatable bonds is 8. The minimum absolute atomic E-state index is 0.0875. The number of hydrogen-bond donors (Lipinski definition) is 2. The number of likely N-dealkylation sites (N-methyl/N-ethyl adjacent to an activating group) is 2. The van der Waals surface area contributed by atoms with E-state index in [4.69, 9.17) is 10.5 Å². The second-order valence-electron chi connectivity index (χ2n) is 3.66. The third kappa shape index (κ3) is 6.23. The Labute approximate surface area is 102 Å². The zero-order valence-corrected chi connectivity index (χ0v) is 10.9. The van der Waals surface area contributed by atoms with Gasteiger partial charge in [-0.25, -0.2) is 0 Å². The van der Waals surface area contributed by atoms with Crippen molar-refractivity contribution in [1.82, 2.24) is 10.2 Å². The second kappa shape index (κ2) is 8.95. The minimum atomic E-state index is -0.286. The first-order valence-corrected chi connectivity index (χ1v) is 5.86. The van der Waals surface area contributed by atoms with Crippen LogP contribution in [0.3, 0.4) is 0 Å². The van der Waals surface area contributed by atoms with Gasteiger partial charge in [0.2, 0.25) is 11.8 Å². The van der Waals surface area contributed by atoms with Gasteiger partial charge in [-0.1, -0.05) is 0 Å². The Balaban J connectivity index is 4.25. The number of nitrogens with one attached hydrogen (secondary N) is 1. The lowest BCUT2D eigenvalue weighted by Gasteiger charge is -2.22. The SMILES string of the molecule is CCNC(=O)CN(CC)C(=O)CC(CN)OC. The molecule has 0 aromatic rings. The maximum atomic E-state index is 11.9.